The van der Waals surface area contributed by atoms with Crippen molar-refractivity contribution < 1.29 is 31.5 Å². The molecule has 0 spiro atoms. The summed E-state index contributed by atoms with van der Waals surface area (Å²) in [5.74, 6) is -2.36. The molecule has 26 heavy (non-hydrogen) atoms. The third kappa shape index (κ3) is 5.73. The van der Waals surface area contributed by atoms with Crippen LogP contribution in [0, 0.1) is 0 Å². The van der Waals surface area contributed by atoms with E-state index in [1.165, 1.54) is 24.3 Å². The van der Waals surface area contributed by atoms with Crippen LogP contribution in [0.15, 0.2) is 24.3 Å². The first-order chi connectivity index (χ1) is 12.2. The van der Waals surface area contributed by atoms with Crippen molar-refractivity contribution in [2.45, 2.75) is 43.7 Å². The molecule has 0 radical (unpaired) electrons. The van der Waals surface area contributed by atoms with Crippen LogP contribution in [0.2, 0.25) is 0 Å². The van der Waals surface area contributed by atoms with Gasteiger partial charge in [0.1, 0.15) is 5.75 Å². The second-order valence-electron chi connectivity index (χ2n) is 6.07. The predicted octanol–water partition coefficient (Wildman–Crippen LogP) is 0.768. The van der Waals surface area contributed by atoms with Gasteiger partial charge in [0, 0.05) is 12.0 Å². The second kappa shape index (κ2) is 8.54. The van der Waals surface area contributed by atoms with Gasteiger partial charge in [-0.15, -0.1) is 0 Å². The van der Waals surface area contributed by atoms with Crippen LogP contribution in [-0.2, 0) is 25.2 Å². The maximum atomic E-state index is 12.4. The van der Waals surface area contributed by atoms with Crippen LogP contribution in [0.3, 0.4) is 0 Å². The second-order valence-corrected chi connectivity index (χ2v) is 8.18. The Balaban J connectivity index is 1.99. The molecule has 0 aromatic heterocycles. The number of ether oxygens (including phenoxy) is 1. The standard InChI is InChI=1S/C16H20F2N2O5S/c17-16(18)25-14-7-2-1-4-10(14)8-26(23,24)9-11(19)15(22)20-12-5-3-6-13(12)21/h1-2,4,7,11-12,16H,3,5-6,8-9,19H2,(H,20,22). The number of para-hydroxylation sites is 1. The molecule has 0 aliphatic heterocycles. The number of amides is 1. The quantitative estimate of drug-likeness (QED) is 0.677. The lowest BCUT2D eigenvalue weighted by Gasteiger charge is -2.16. The molecule has 144 valence electrons. The van der Waals surface area contributed by atoms with Crippen molar-refractivity contribution in [1.82, 2.24) is 5.32 Å². The van der Waals surface area contributed by atoms with E-state index in [2.05, 4.69) is 10.1 Å². The third-order valence-corrected chi connectivity index (χ3v) is 5.57. The number of ketones is 1. The van der Waals surface area contributed by atoms with Crippen LogP contribution in [0.5, 0.6) is 5.75 Å². The van der Waals surface area contributed by atoms with Crippen molar-refractivity contribution in [2.75, 3.05) is 5.75 Å². The van der Waals surface area contributed by atoms with Gasteiger partial charge >= 0.3 is 6.61 Å². The number of hydrogen-bond donors (Lipinski definition) is 2. The summed E-state index contributed by atoms with van der Waals surface area (Å²) in [6.07, 6.45) is 1.54. The van der Waals surface area contributed by atoms with Gasteiger partial charge in [-0.3, -0.25) is 9.59 Å². The molecule has 1 aromatic carbocycles. The van der Waals surface area contributed by atoms with E-state index < -0.39 is 45.9 Å². The van der Waals surface area contributed by atoms with E-state index in [1.807, 2.05) is 0 Å². The summed E-state index contributed by atoms with van der Waals surface area (Å²) >= 11 is 0. The Morgan fingerprint density at radius 3 is 2.65 bits per heavy atom. The lowest BCUT2D eigenvalue weighted by Crippen LogP contribution is -2.49. The fourth-order valence-electron chi connectivity index (χ4n) is 2.73. The highest BCUT2D eigenvalue weighted by Crippen LogP contribution is 2.23. The van der Waals surface area contributed by atoms with Crippen molar-refractivity contribution in [1.29, 1.82) is 0 Å². The average molecular weight is 390 g/mol. The topological polar surface area (TPSA) is 116 Å². The largest absolute Gasteiger partial charge is 0.435 e. The van der Waals surface area contributed by atoms with E-state index >= 15 is 0 Å². The van der Waals surface area contributed by atoms with E-state index in [9.17, 15) is 26.8 Å². The number of nitrogens with one attached hydrogen (secondary N) is 1. The lowest BCUT2D eigenvalue weighted by atomic mass is 10.2. The first-order valence-electron chi connectivity index (χ1n) is 8.00. The van der Waals surface area contributed by atoms with Gasteiger partial charge in [0.2, 0.25) is 5.91 Å². The zero-order chi connectivity index (χ0) is 19.3. The molecule has 1 aliphatic rings. The zero-order valence-corrected chi connectivity index (χ0v) is 14.7. The molecule has 7 nitrogen and oxygen atoms in total. The molecule has 0 saturated heterocycles. The Bertz CT molecular complexity index is 770. The summed E-state index contributed by atoms with van der Waals surface area (Å²) in [5, 5.41) is 2.45. The highest BCUT2D eigenvalue weighted by Gasteiger charge is 2.29. The predicted molar refractivity (Wildman–Crippen MR) is 89.3 cm³/mol. The molecule has 1 aliphatic carbocycles. The van der Waals surface area contributed by atoms with Crippen LogP contribution in [0.4, 0.5) is 8.78 Å². The fraction of sp³-hybridized carbons (Fsp3) is 0.500. The van der Waals surface area contributed by atoms with Crippen LogP contribution < -0.4 is 15.8 Å². The maximum Gasteiger partial charge on any atom is 0.387 e. The Morgan fingerprint density at radius 2 is 2.04 bits per heavy atom. The molecule has 1 saturated carbocycles. The van der Waals surface area contributed by atoms with Crippen LogP contribution in [0.1, 0.15) is 24.8 Å². The number of alkyl halides is 2. The number of carbonyl (C=O) groups is 2. The third-order valence-electron chi connectivity index (χ3n) is 3.96. The summed E-state index contributed by atoms with van der Waals surface area (Å²) in [7, 11) is -3.88. The highest BCUT2D eigenvalue weighted by atomic mass is 32.2. The van der Waals surface area contributed by atoms with E-state index in [-0.39, 0.29) is 17.1 Å². The number of nitrogens with two attached hydrogens (primary N) is 1. The number of sulfone groups is 1. The SMILES string of the molecule is NC(CS(=O)(=O)Cc1ccccc1OC(F)F)C(=O)NC1CCCC1=O. The van der Waals surface area contributed by atoms with E-state index in [0.717, 1.165) is 0 Å². The van der Waals surface area contributed by atoms with Gasteiger partial charge < -0.3 is 15.8 Å². The number of carbonyl (C=O) groups excluding carboxylic acids is 2. The molecule has 10 heteroatoms. The summed E-state index contributed by atoms with van der Waals surface area (Å²) in [5.41, 5.74) is 5.69. The molecule has 0 bridgehead atoms. The average Bonchev–Trinajstić information content (AvgIpc) is 2.93. The number of hydrogen-bond acceptors (Lipinski definition) is 6. The van der Waals surface area contributed by atoms with Crippen LogP contribution in [0.25, 0.3) is 0 Å². The Kier molecular flexibility index (Phi) is 6.65. The normalized spacial score (nSPS) is 18.8. The lowest BCUT2D eigenvalue weighted by molar-refractivity contribution is -0.127. The summed E-state index contributed by atoms with van der Waals surface area (Å²) in [6, 6.07) is 3.51. The maximum absolute atomic E-state index is 12.4. The zero-order valence-electron chi connectivity index (χ0n) is 13.9. The first-order valence-corrected chi connectivity index (χ1v) is 9.82. The van der Waals surface area contributed by atoms with Gasteiger partial charge in [0.05, 0.1) is 23.6 Å². The molecule has 1 fully saturated rings. The van der Waals surface area contributed by atoms with Crippen molar-refractivity contribution in [3.8, 4) is 5.75 Å². The fourth-order valence-corrected chi connectivity index (χ4v) is 4.25. The van der Waals surface area contributed by atoms with Crippen molar-refractivity contribution in [3.05, 3.63) is 29.8 Å². The summed E-state index contributed by atoms with van der Waals surface area (Å²) in [6.45, 7) is -3.09. The number of Topliss-reactive ketones (excluding diaryl/α,β-unsaturated/α-hetero) is 1. The molecule has 2 rings (SSSR count). The van der Waals surface area contributed by atoms with Crippen LogP contribution in [-0.4, -0.2) is 44.6 Å². The minimum absolute atomic E-state index is 0.0476. The molecule has 3 N–H and O–H groups in total. The van der Waals surface area contributed by atoms with E-state index in [0.29, 0.717) is 19.3 Å². The van der Waals surface area contributed by atoms with Gasteiger partial charge in [-0.1, -0.05) is 18.2 Å². The van der Waals surface area contributed by atoms with Gasteiger partial charge in [0.25, 0.3) is 0 Å². The molecular weight excluding hydrogens is 370 g/mol. The Hall–Kier alpha value is -2.07. The van der Waals surface area contributed by atoms with Gasteiger partial charge in [-0.25, -0.2) is 8.42 Å². The highest BCUT2D eigenvalue weighted by molar-refractivity contribution is 7.90. The minimum atomic E-state index is -3.88. The number of halogens is 2. The molecular formula is C16H20F2N2O5S. The Morgan fingerprint density at radius 1 is 1.35 bits per heavy atom. The van der Waals surface area contributed by atoms with Crippen molar-refractivity contribution in [2.24, 2.45) is 5.73 Å². The summed E-state index contributed by atoms with van der Waals surface area (Å²) in [4.78, 5) is 23.5. The first kappa shape index (κ1) is 20.2. The van der Waals surface area contributed by atoms with Gasteiger partial charge in [0.15, 0.2) is 15.6 Å². The monoisotopic (exact) mass is 390 g/mol. The van der Waals surface area contributed by atoms with Gasteiger partial charge in [-0.05, 0) is 18.9 Å². The Labute approximate surface area is 149 Å². The van der Waals surface area contributed by atoms with Crippen LogP contribution >= 0.6 is 0 Å². The van der Waals surface area contributed by atoms with Crippen molar-refractivity contribution >= 4 is 21.5 Å². The summed E-state index contributed by atoms with van der Waals surface area (Å²) < 4.78 is 53.7. The molecule has 1 aromatic rings. The molecule has 0 heterocycles. The molecule has 1 amide bonds. The minimum Gasteiger partial charge on any atom is -0.435 e. The smallest absolute Gasteiger partial charge is 0.387 e. The van der Waals surface area contributed by atoms with E-state index in [4.69, 9.17) is 5.73 Å². The molecule has 2 atom stereocenters. The van der Waals surface area contributed by atoms with Gasteiger partial charge in [-0.2, -0.15) is 8.78 Å². The number of rotatable bonds is 8. The number of benzene rings is 1. The van der Waals surface area contributed by atoms with E-state index in [1.54, 1.807) is 0 Å². The molecule has 2 unspecified atom stereocenters. The van der Waals surface area contributed by atoms with Crippen molar-refractivity contribution in [3.63, 3.8) is 0 Å².